The fraction of sp³-hybridized carbons (Fsp3) is 0.208. The second-order valence-electron chi connectivity index (χ2n) is 8.11. The number of nitrogens with zero attached hydrogens (tertiary/aromatic N) is 4. The molecular weight excluding hydrogens is 518 g/mol. The molecule has 4 rings (SSSR count). The van der Waals surface area contributed by atoms with Crippen LogP contribution in [-0.4, -0.2) is 49.3 Å². The Hall–Kier alpha value is -3.90. The fourth-order valence-corrected chi connectivity index (χ4v) is 3.92. The number of benzene rings is 2. The second kappa shape index (κ2) is 10.2. The smallest absolute Gasteiger partial charge is 0.417 e. The summed E-state index contributed by atoms with van der Waals surface area (Å²) in [6.45, 7) is -0.0290. The molecule has 8 nitrogen and oxygen atoms in total. The standard InChI is InChI=1S/C24H20ClF4N5O3/c1-30-22(35)20-11-16(7-8-31-20)37-15-4-6-21(19(26)10-15)34-13-32(2)12-33(23(34)36)14-3-5-18(25)17(9-14)24(27,28)29/h3-11H,12-13H2,1-2H3,(H,30,35). The first-order chi connectivity index (χ1) is 17.5. The summed E-state index contributed by atoms with van der Waals surface area (Å²) in [6, 6.07) is 9.10. The number of pyridine rings is 1. The zero-order chi connectivity index (χ0) is 26.9. The van der Waals surface area contributed by atoms with Gasteiger partial charge in [-0.1, -0.05) is 11.6 Å². The molecule has 3 aromatic rings. The highest BCUT2D eigenvalue weighted by Gasteiger charge is 2.36. The summed E-state index contributed by atoms with van der Waals surface area (Å²) in [5.41, 5.74) is -1.11. The van der Waals surface area contributed by atoms with Crippen LogP contribution in [0, 0.1) is 5.82 Å². The average molecular weight is 538 g/mol. The van der Waals surface area contributed by atoms with E-state index in [9.17, 15) is 22.8 Å². The lowest BCUT2D eigenvalue weighted by Crippen LogP contribution is -2.57. The minimum Gasteiger partial charge on any atom is -0.457 e. The number of aromatic nitrogens is 1. The lowest BCUT2D eigenvalue weighted by Gasteiger charge is -2.40. The molecule has 0 radical (unpaired) electrons. The molecule has 1 saturated heterocycles. The Morgan fingerprint density at radius 1 is 1.05 bits per heavy atom. The summed E-state index contributed by atoms with van der Waals surface area (Å²) in [6.07, 6.45) is -3.35. The lowest BCUT2D eigenvalue weighted by molar-refractivity contribution is -0.137. The zero-order valence-electron chi connectivity index (χ0n) is 19.5. The van der Waals surface area contributed by atoms with Gasteiger partial charge in [0.2, 0.25) is 0 Å². The first-order valence-electron chi connectivity index (χ1n) is 10.8. The number of alkyl halides is 3. The highest BCUT2D eigenvalue weighted by atomic mass is 35.5. The van der Waals surface area contributed by atoms with E-state index in [4.69, 9.17) is 16.3 Å². The highest BCUT2D eigenvalue weighted by molar-refractivity contribution is 6.31. The van der Waals surface area contributed by atoms with Crippen molar-refractivity contribution in [3.05, 3.63) is 76.8 Å². The minimum absolute atomic E-state index is 0.00792. The number of rotatable bonds is 5. The van der Waals surface area contributed by atoms with Gasteiger partial charge in [-0.2, -0.15) is 13.2 Å². The van der Waals surface area contributed by atoms with Crippen LogP contribution < -0.4 is 19.9 Å². The van der Waals surface area contributed by atoms with Crippen LogP contribution in [0.2, 0.25) is 5.02 Å². The van der Waals surface area contributed by atoms with Gasteiger partial charge in [0.25, 0.3) is 5.91 Å². The maximum absolute atomic E-state index is 15.1. The van der Waals surface area contributed by atoms with Crippen molar-refractivity contribution >= 4 is 34.9 Å². The fourth-order valence-electron chi connectivity index (χ4n) is 3.70. The molecule has 0 spiro atoms. The third-order valence-electron chi connectivity index (χ3n) is 5.43. The first-order valence-corrected chi connectivity index (χ1v) is 11.2. The maximum Gasteiger partial charge on any atom is 0.417 e. The van der Waals surface area contributed by atoms with Crippen molar-refractivity contribution < 1.29 is 31.9 Å². The molecule has 0 bridgehead atoms. The minimum atomic E-state index is -4.71. The largest absolute Gasteiger partial charge is 0.457 e. The van der Waals surface area contributed by atoms with Gasteiger partial charge in [0.15, 0.2) is 5.82 Å². The van der Waals surface area contributed by atoms with Crippen LogP contribution in [0.3, 0.4) is 0 Å². The van der Waals surface area contributed by atoms with E-state index in [2.05, 4.69) is 10.3 Å². The van der Waals surface area contributed by atoms with E-state index in [0.717, 1.165) is 28.0 Å². The van der Waals surface area contributed by atoms with E-state index >= 15 is 4.39 Å². The van der Waals surface area contributed by atoms with Crippen molar-refractivity contribution in [3.8, 4) is 11.5 Å². The molecule has 2 heterocycles. The predicted molar refractivity (Wildman–Crippen MR) is 128 cm³/mol. The van der Waals surface area contributed by atoms with Crippen LogP contribution >= 0.6 is 11.6 Å². The van der Waals surface area contributed by atoms with Crippen molar-refractivity contribution in [1.29, 1.82) is 0 Å². The number of halogens is 5. The topological polar surface area (TPSA) is 78.0 Å². The molecule has 13 heteroatoms. The van der Waals surface area contributed by atoms with E-state index in [1.165, 1.54) is 43.6 Å². The summed E-state index contributed by atoms with van der Waals surface area (Å²) in [5, 5.41) is 1.94. The van der Waals surface area contributed by atoms with Gasteiger partial charge in [0.1, 0.15) is 17.2 Å². The van der Waals surface area contributed by atoms with Crippen molar-refractivity contribution in [3.63, 3.8) is 0 Å². The lowest BCUT2D eigenvalue weighted by atomic mass is 10.1. The molecule has 1 aliphatic rings. The Balaban J connectivity index is 1.59. The van der Waals surface area contributed by atoms with E-state index in [1.807, 2.05) is 0 Å². The van der Waals surface area contributed by atoms with Gasteiger partial charge in [-0.15, -0.1) is 0 Å². The van der Waals surface area contributed by atoms with Crippen LogP contribution in [0.25, 0.3) is 0 Å². The Labute approximate surface area is 214 Å². The van der Waals surface area contributed by atoms with Gasteiger partial charge in [-0.05, 0) is 43.4 Å². The van der Waals surface area contributed by atoms with Gasteiger partial charge in [0, 0.05) is 31.1 Å². The number of hydrogen-bond acceptors (Lipinski definition) is 5. The molecule has 0 atom stereocenters. The van der Waals surface area contributed by atoms with Gasteiger partial charge < -0.3 is 10.1 Å². The number of amides is 3. The van der Waals surface area contributed by atoms with E-state index in [0.29, 0.717) is 0 Å². The van der Waals surface area contributed by atoms with E-state index in [-0.39, 0.29) is 41.9 Å². The molecule has 194 valence electrons. The summed E-state index contributed by atoms with van der Waals surface area (Å²) in [5.74, 6) is -0.887. The maximum atomic E-state index is 15.1. The molecule has 3 amide bonds. The van der Waals surface area contributed by atoms with Gasteiger partial charge >= 0.3 is 12.2 Å². The van der Waals surface area contributed by atoms with Crippen LogP contribution in [0.15, 0.2) is 54.7 Å². The molecule has 0 unspecified atom stereocenters. The van der Waals surface area contributed by atoms with E-state index in [1.54, 1.807) is 11.9 Å². The molecule has 37 heavy (non-hydrogen) atoms. The molecule has 1 N–H and O–H groups in total. The Bertz CT molecular complexity index is 1350. The zero-order valence-corrected chi connectivity index (χ0v) is 20.3. The van der Waals surface area contributed by atoms with Crippen LogP contribution in [0.1, 0.15) is 16.1 Å². The molecule has 2 aromatic carbocycles. The Kier molecular flexibility index (Phi) is 7.23. The third kappa shape index (κ3) is 5.59. The number of carbonyl (C=O) groups is 2. The quantitative estimate of drug-likeness (QED) is 0.445. The number of ether oxygens (including phenoxy) is 1. The second-order valence-corrected chi connectivity index (χ2v) is 8.52. The van der Waals surface area contributed by atoms with Crippen LogP contribution in [-0.2, 0) is 6.18 Å². The van der Waals surface area contributed by atoms with Crippen LogP contribution in [0.5, 0.6) is 11.5 Å². The number of urea groups is 1. The summed E-state index contributed by atoms with van der Waals surface area (Å²) < 4.78 is 60.8. The van der Waals surface area contributed by atoms with Crippen molar-refractivity contribution in [2.45, 2.75) is 6.18 Å². The summed E-state index contributed by atoms with van der Waals surface area (Å²) in [4.78, 5) is 32.8. The Morgan fingerprint density at radius 3 is 2.43 bits per heavy atom. The summed E-state index contributed by atoms with van der Waals surface area (Å²) >= 11 is 5.71. The van der Waals surface area contributed by atoms with Gasteiger partial charge in [-0.3, -0.25) is 24.5 Å². The number of anilines is 2. The van der Waals surface area contributed by atoms with Gasteiger partial charge in [-0.25, -0.2) is 9.18 Å². The predicted octanol–water partition coefficient (Wildman–Crippen LogP) is 5.34. The van der Waals surface area contributed by atoms with Crippen molar-refractivity contribution in [1.82, 2.24) is 15.2 Å². The first kappa shape index (κ1) is 26.2. The molecule has 1 aromatic heterocycles. The molecule has 1 fully saturated rings. The average Bonchev–Trinajstić information content (AvgIpc) is 2.85. The highest BCUT2D eigenvalue weighted by Crippen LogP contribution is 2.38. The van der Waals surface area contributed by atoms with E-state index < -0.39 is 34.5 Å². The van der Waals surface area contributed by atoms with Crippen LogP contribution in [0.4, 0.5) is 33.7 Å². The monoisotopic (exact) mass is 537 g/mol. The third-order valence-corrected chi connectivity index (χ3v) is 5.76. The molecular formula is C24H20ClF4N5O3. The van der Waals surface area contributed by atoms with Crippen molar-refractivity contribution in [2.75, 3.05) is 37.2 Å². The normalized spacial score (nSPS) is 14.6. The molecule has 0 aliphatic carbocycles. The summed E-state index contributed by atoms with van der Waals surface area (Å²) in [7, 11) is 3.09. The van der Waals surface area contributed by atoms with Gasteiger partial charge in [0.05, 0.1) is 29.6 Å². The molecule has 1 aliphatic heterocycles. The number of carbonyl (C=O) groups excluding carboxylic acids is 2. The number of hydrogen-bond donors (Lipinski definition) is 1. The molecule has 0 saturated carbocycles. The number of nitrogens with one attached hydrogen (secondary N) is 1. The SMILES string of the molecule is CNC(=O)c1cc(Oc2ccc(N3CN(C)CN(c4ccc(Cl)c(C(F)(F)F)c4)C3=O)c(F)c2)ccn1. The Morgan fingerprint density at radius 2 is 1.76 bits per heavy atom. The van der Waals surface area contributed by atoms with Crippen molar-refractivity contribution in [2.24, 2.45) is 0 Å².